The van der Waals surface area contributed by atoms with Gasteiger partial charge in [-0.15, -0.1) is 11.3 Å². The number of methoxy groups -OCH3 is 2. The van der Waals surface area contributed by atoms with Gasteiger partial charge in [0.1, 0.15) is 11.5 Å². The first-order chi connectivity index (χ1) is 11.2. The van der Waals surface area contributed by atoms with E-state index in [2.05, 4.69) is 36.5 Å². The van der Waals surface area contributed by atoms with Crippen molar-refractivity contribution in [3.8, 4) is 11.5 Å². The number of allylic oxidation sites excluding steroid dienone is 2. The molecule has 2 aliphatic rings. The van der Waals surface area contributed by atoms with E-state index in [4.69, 9.17) is 9.47 Å². The lowest BCUT2D eigenvalue weighted by Gasteiger charge is -2.38. The summed E-state index contributed by atoms with van der Waals surface area (Å²) in [6.45, 7) is 2.17. The van der Waals surface area contributed by atoms with E-state index in [-0.39, 0.29) is 0 Å². The zero-order valence-electron chi connectivity index (χ0n) is 13.6. The molecule has 1 aliphatic carbocycles. The first kappa shape index (κ1) is 14.6. The van der Waals surface area contributed by atoms with E-state index in [1.807, 2.05) is 23.5 Å². The summed E-state index contributed by atoms with van der Waals surface area (Å²) in [7, 11) is 3.47. The Kier molecular flexibility index (Phi) is 3.57. The van der Waals surface area contributed by atoms with Crippen molar-refractivity contribution < 1.29 is 9.47 Å². The first-order valence-electron chi connectivity index (χ1n) is 7.97. The number of thiophene rings is 1. The topological polar surface area (TPSA) is 30.5 Å². The average molecular weight is 327 g/mol. The fourth-order valence-corrected chi connectivity index (χ4v) is 4.90. The van der Waals surface area contributed by atoms with Gasteiger partial charge in [0.15, 0.2) is 0 Å². The number of anilines is 1. The second-order valence-electron chi connectivity index (χ2n) is 6.18. The minimum absolute atomic E-state index is 0.321. The average Bonchev–Trinajstić information content (AvgIpc) is 3.21. The number of ether oxygens (including phenoxy) is 2. The number of rotatable bonds is 3. The molecule has 1 N–H and O–H groups in total. The Labute approximate surface area is 140 Å². The van der Waals surface area contributed by atoms with Crippen molar-refractivity contribution in [3.63, 3.8) is 0 Å². The van der Waals surface area contributed by atoms with Crippen LogP contribution < -0.4 is 14.8 Å². The van der Waals surface area contributed by atoms with Crippen LogP contribution in [0.2, 0.25) is 0 Å². The summed E-state index contributed by atoms with van der Waals surface area (Å²) in [5.74, 6) is 2.73. The van der Waals surface area contributed by atoms with E-state index in [0.717, 1.165) is 23.6 Å². The molecule has 4 heteroatoms. The molecule has 0 fully saturated rings. The zero-order valence-corrected chi connectivity index (χ0v) is 14.4. The van der Waals surface area contributed by atoms with Gasteiger partial charge < -0.3 is 14.8 Å². The number of aryl methyl sites for hydroxylation is 1. The highest BCUT2D eigenvalue weighted by atomic mass is 32.1. The molecule has 3 nitrogen and oxygen atoms in total. The molecule has 23 heavy (non-hydrogen) atoms. The molecule has 2 heterocycles. The zero-order chi connectivity index (χ0) is 16.0. The molecule has 0 bridgehead atoms. The van der Waals surface area contributed by atoms with Crippen LogP contribution in [0.15, 0.2) is 36.4 Å². The molecule has 2 aromatic rings. The lowest BCUT2D eigenvalue weighted by molar-refractivity contribution is 0.372. The Bertz CT molecular complexity index is 765. The maximum atomic E-state index is 5.64. The Morgan fingerprint density at radius 1 is 1.09 bits per heavy atom. The molecule has 1 aliphatic heterocycles. The van der Waals surface area contributed by atoms with Crippen LogP contribution in [0.3, 0.4) is 0 Å². The van der Waals surface area contributed by atoms with Crippen molar-refractivity contribution in [2.45, 2.75) is 25.3 Å². The monoisotopic (exact) mass is 327 g/mol. The van der Waals surface area contributed by atoms with E-state index in [1.165, 1.54) is 15.3 Å². The standard InChI is InChI=1S/C19H21NO2S/c1-11-7-10-16(23-11)18-13-6-4-5-12(13)17-14(21-2)8-9-15(22-3)19(17)20-18/h4-5,7-10,12-13,18,20H,6H2,1-3H3. The largest absolute Gasteiger partial charge is 0.496 e. The molecule has 1 aromatic heterocycles. The van der Waals surface area contributed by atoms with Gasteiger partial charge in [0.2, 0.25) is 0 Å². The van der Waals surface area contributed by atoms with Gasteiger partial charge in [-0.3, -0.25) is 0 Å². The van der Waals surface area contributed by atoms with Crippen molar-refractivity contribution >= 4 is 17.0 Å². The lowest BCUT2D eigenvalue weighted by Crippen LogP contribution is -2.29. The summed E-state index contributed by atoms with van der Waals surface area (Å²) >= 11 is 1.88. The van der Waals surface area contributed by atoms with Gasteiger partial charge >= 0.3 is 0 Å². The summed E-state index contributed by atoms with van der Waals surface area (Å²) in [6.07, 6.45) is 5.73. The molecule has 3 unspecified atom stereocenters. The maximum absolute atomic E-state index is 5.64. The van der Waals surface area contributed by atoms with Gasteiger partial charge in [-0.05, 0) is 43.5 Å². The molecular formula is C19H21NO2S. The van der Waals surface area contributed by atoms with Gasteiger partial charge in [0.25, 0.3) is 0 Å². The molecule has 1 aromatic carbocycles. The molecule has 0 amide bonds. The normalized spacial score (nSPS) is 24.7. The van der Waals surface area contributed by atoms with Gasteiger partial charge in [-0.25, -0.2) is 0 Å². The smallest absolute Gasteiger partial charge is 0.142 e. The second kappa shape index (κ2) is 5.60. The molecule has 0 radical (unpaired) electrons. The van der Waals surface area contributed by atoms with E-state index in [9.17, 15) is 0 Å². The quantitative estimate of drug-likeness (QED) is 0.813. The minimum Gasteiger partial charge on any atom is -0.496 e. The van der Waals surface area contributed by atoms with Crippen LogP contribution in [0.25, 0.3) is 0 Å². The number of benzene rings is 1. The Morgan fingerprint density at radius 2 is 1.87 bits per heavy atom. The molecule has 0 saturated heterocycles. The van der Waals surface area contributed by atoms with Crippen molar-refractivity contribution in [2.24, 2.45) is 5.92 Å². The van der Waals surface area contributed by atoms with Gasteiger partial charge in [-0.1, -0.05) is 12.2 Å². The molecule has 120 valence electrons. The van der Waals surface area contributed by atoms with Gasteiger partial charge in [0.05, 0.1) is 25.9 Å². The third-order valence-electron chi connectivity index (χ3n) is 4.95. The van der Waals surface area contributed by atoms with Crippen LogP contribution in [0.4, 0.5) is 5.69 Å². The van der Waals surface area contributed by atoms with Crippen molar-refractivity contribution in [3.05, 3.63) is 51.7 Å². The Morgan fingerprint density at radius 3 is 2.57 bits per heavy atom. The third kappa shape index (κ3) is 2.24. The lowest BCUT2D eigenvalue weighted by atomic mass is 9.78. The van der Waals surface area contributed by atoms with Crippen molar-refractivity contribution in [1.29, 1.82) is 0 Å². The van der Waals surface area contributed by atoms with Crippen LogP contribution in [-0.2, 0) is 0 Å². The van der Waals surface area contributed by atoms with E-state index < -0.39 is 0 Å². The minimum atomic E-state index is 0.321. The number of fused-ring (bicyclic) bond motifs is 3. The molecule has 3 atom stereocenters. The highest BCUT2D eigenvalue weighted by molar-refractivity contribution is 7.12. The highest BCUT2D eigenvalue weighted by Crippen LogP contribution is 2.55. The number of nitrogens with one attached hydrogen (secondary N) is 1. The Hall–Kier alpha value is -1.94. The summed E-state index contributed by atoms with van der Waals surface area (Å²) in [5.41, 5.74) is 2.31. The van der Waals surface area contributed by atoms with Crippen LogP contribution >= 0.6 is 11.3 Å². The summed E-state index contributed by atoms with van der Waals surface area (Å²) in [4.78, 5) is 2.75. The number of hydrogen-bond acceptors (Lipinski definition) is 4. The maximum Gasteiger partial charge on any atom is 0.142 e. The fourth-order valence-electron chi connectivity index (χ4n) is 3.90. The van der Waals surface area contributed by atoms with E-state index >= 15 is 0 Å². The first-order valence-corrected chi connectivity index (χ1v) is 8.79. The van der Waals surface area contributed by atoms with E-state index in [0.29, 0.717) is 17.9 Å². The predicted octanol–water partition coefficient (Wildman–Crippen LogP) is 4.90. The van der Waals surface area contributed by atoms with E-state index in [1.54, 1.807) is 14.2 Å². The van der Waals surface area contributed by atoms with Crippen LogP contribution in [0.5, 0.6) is 11.5 Å². The van der Waals surface area contributed by atoms with Crippen LogP contribution in [-0.4, -0.2) is 14.2 Å². The second-order valence-corrected chi connectivity index (χ2v) is 7.50. The highest BCUT2D eigenvalue weighted by Gasteiger charge is 2.41. The summed E-state index contributed by atoms with van der Waals surface area (Å²) in [5, 5.41) is 3.76. The molecule has 4 rings (SSSR count). The summed E-state index contributed by atoms with van der Waals surface area (Å²) < 4.78 is 11.2. The SMILES string of the molecule is COc1ccc(OC)c2c1NC(c1ccc(C)s1)C1CC=CC21. The Balaban J connectivity index is 1.86. The molecular weight excluding hydrogens is 306 g/mol. The van der Waals surface area contributed by atoms with Crippen LogP contribution in [0, 0.1) is 12.8 Å². The van der Waals surface area contributed by atoms with Crippen molar-refractivity contribution in [2.75, 3.05) is 19.5 Å². The fraction of sp³-hybridized carbons (Fsp3) is 0.368. The summed E-state index contributed by atoms with van der Waals surface area (Å²) in [6, 6.07) is 8.78. The number of hydrogen-bond donors (Lipinski definition) is 1. The predicted molar refractivity (Wildman–Crippen MR) is 95.0 cm³/mol. The van der Waals surface area contributed by atoms with Crippen molar-refractivity contribution in [1.82, 2.24) is 0 Å². The molecule has 0 saturated carbocycles. The van der Waals surface area contributed by atoms with Gasteiger partial charge in [0, 0.05) is 21.2 Å². The molecule has 0 spiro atoms. The third-order valence-corrected chi connectivity index (χ3v) is 6.03. The van der Waals surface area contributed by atoms with Crippen LogP contribution in [0.1, 0.15) is 33.7 Å². The van der Waals surface area contributed by atoms with Gasteiger partial charge in [-0.2, -0.15) is 0 Å².